The van der Waals surface area contributed by atoms with Gasteiger partial charge in [0.1, 0.15) is 6.04 Å². The van der Waals surface area contributed by atoms with E-state index < -0.39 is 18.0 Å². The van der Waals surface area contributed by atoms with Gasteiger partial charge in [-0.15, -0.1) is 0 Å². The number of hydrogen-bond donors (Lipinski definition) is 2. The van der Waals surface area contributed by atoms with Crippen LogP contribution in [0.4, 0.5) is 10.5 Å². The van der Waals surface area contributed by atoms with Crippen molar-refractivity contribution in [2.75, 3.05) is 12.4 Å². The van der Waals surface area contributed by atoms with Crippen LogP contribution in [0.15, 0.2) is 24.3 Å². The molecule has 1 aromatic carbocycles. The Morgan fingerprint density at radius 2 is 1.94 bits per heavy atom. The second kappa shape index (κ2) is 5.34. The fourth-order valence-corrected chi connectivity index (χ4v) is 1.26. The Morgan fingerprint density at radius 1 is 1.35 bits per heavy atom. The van der Waals surface area contributed by atoms with Crippen molar-refractivity contribution in [3.63, 3.8) is 0 Å². The number of rotatable bonds is 3. The highest BCUT2D eigenvalue weighted by Gasteiger charge is 2.21. The van der Waals surface area contributed by atoms with Gasteiger partial charge in [-0.1, -0.05) is 18.2 Å². The predicted molar refractivity (Wildman–Crippen MR) is 65.1 cm³/mol. The van der Waals surface area contributed by atoms with Gasteiger partial charge in [0.25, 0.3) is 0 Å². The van der Waals surface area contributed by atoms with E-state index in [-0.39, 0.29) is 0 Å². The van der Waals surface area contributed by atoms with Crippen LogP contribution in [0, 0.1) is 6.92 Å². The minimum absolute atomic E-state index is 0.436. The predicted octanol–water partition coefficient (Wildman–Crippen LogP) is 1.93. The Bertz CT molecular complexity index is 432. The molecule has 17 heavy (non-hydrogen) atoms. The summed E-state index contributed by atoms with van der Waals surface area (Å²) in [5, 5.41) is 11.5. The minimum Gasteiger partial charge on any atom is -0.480 e. The number of carbonyl (C=O) groups is 2. The molecule has 2 N–H and O–H groups in total. The third kappa shape index (κ3) is 3.21. The molecule has 0 saturated heterocycles. The first kappa shape index (κ1) is 13.0. The summed E-state index contributed by atoms with van der Waals surface area (Å²) in [6, 6.07) is 6.02. The van der Waals surface area contributed by atoms with Crippen molar-refractivity contribution in [3.8, 4) is 0 Å². The quantitative estimate of drug-likeness (QED) is 0.842. The zero-order valence-electron chi connectivity index (χ0n) is 10.1. The topological polar surface area (TPSA) is 69.6 Å². The molecule has 5 heteroatoms. The van der Waals surface area contributed by atoms with Gasteiger partial charge in [0.05, 0.1) is 0 Å². The van der Waals surface area contributed by atoms with E-state index in [1.807, 2.05) is 25.1 Å². The molecule has 0 aliphatic carbocycles. The molecule has 0 heterocycles. The molecule has 0 spiro atoms. The summed E-state index contributed by atoms with van der Waals surface area (Å²) in [6.07, 6.45) is 0. The number of para-hydroxylation sites is 1. The normalized spacial score (nSPS) is 11.7. The summed E-state index contributed by atoms with van der Waals surface area (Å²) < 4.78 is 0. The Kier molecular flexibility index (Phi) is 4.09. The molecular weight excluding hydrogens is 220 g/mol. The van der Waals surface area contributed by atoms with Crippen LogP contribution in [0.1, 0.15) is 12.5 Å². The SMILES string of the molecule is Cc1ccccc1NC(=O)N(C)C(C)C(=O)O. The summed E-state index contributed by atoms with van der Waals surface area (Å²) in [6.45, 7) is 3.33. The second-order valence-corrected chi connectivity index (χ2v) is 3.87. The van der Waals surface area contributed by atoms with Crippen molar-refractivity contribution in [1.29, 1.82) is 0 Å². The van der Waals surface area contributed by atoms with Crippen molar-refractivity contribution < 1.29 is 14.7 Å². The van der Waals surface area contributed by atoms with E-state index in [0.717, 1.165) is 10.5 Å². The van der Waals surface area contributed by atoms with Crippen LogP contribution in [-0.2, 0) is 4.79 Å². The van der Waals surface area contributed by atoms with Crippen LogP contribution in [-0.4, -0.2) is 35.1 Å². The average Bonchev–Trinajstić information content (AvgIpc) is 2.30. The smallest absolute Gasteiger partial charge is 0.326 e. The zero-order chi connectivity index (χ0) is 13.0. The molecule has 2 amide bonds. The molecule has 5 nitrogen and oxygen atoms in total. The van der Waals surface area contributed by atoms with E-state index in [1.165, 1.54) is 14.0 Å². The molecule has 0 saturated carbocycles. The molecule has 0 bridgehead atoms. The van der Waals surface area contributed by atoms with Gasteiger partial charge in [-0.2, -0.15) is 0 Å². The number of carboxylic acid groups (broad SMARTS) is 1. The van der Waals surface area contributed by atoms with Gasteiger partial charge in [-0.05, 0) is 25.5 Å². The van der Waals surface area contributed by atoms with E-state index >= 15 is 0 Å². The van der Waals surface area contributed by atoms with E-state index in [1.54, 1.807) is 6.07 Å². The van der Waals surface area contributed by atoms with Crippen LogP contribution < -0.4 is 5.32 Å². The van der Waals surface area contributed by atoms with E-state index in [9.17, 15) is 9.59 Å². The second-order valence-electron chi connectivity index (χ2n) is 3.87. The van der Waals surface area contributed by atoms with Crippen molar-refractivity contribution in [2.24, 2.45) is 0 Å². The number of nitrogens with zero attached hydrogens (tertiary/aromatic N) is 1. The number of anilines is 1. The van der Waals surface area contributed by atoms with E-state index in [0.29, 0.717) is 5.69 Å². The molecule has 0 radical (unpaired) electrons. The highest BCUT2D eigenvalue weighted by atomic mass is 16.4. The molecule has 0 aromatic heterocycles. The lowest BCUT2D eigenvalue weighted by molar-refractivity contribution is -0.141. The van der Waals surface area contributed by atoms with Crippen LogP contribution in [0.25, 0.3) is 0 Å². The summed E-state index contributed by atoms with van der Waals surface area (Å²) in [4.78, 5) is 23.7. The number of aryl methyl sites for hydroxylation is 1. The molecule has 1 aromatic rings. The number of hydrogen-bond acceptors (Lipinski definition) is 2. The summed E-state index contributed by atoms with van der Waals surface area (Å²) in [5.74, 6) is -1.03. The number of carbonyl (C=O) groups excluding carboxylic acids is 1. The molecule has 0 aliphatic rings. The standard InChI is InChI=1S/C12H16N2O3/c1-8-6-4-5-7-10(8)13-12(17)14(3)9(2)11(15)16/h4-7,9H,1-3H3,(H,13,17)(H,15,16). The Labute approximate surface area is 100 Å². The van der Waals surface area contributed by atoms with Crippen molar-refractivity contribution >= 4 is 17.7 Å². The van der Waals surface area contributed by atoms with Crippen LogP contribution in [0.3, 0.4) is 0 Å². The van der Waals surface area contributed by atoms with Gasteiger partial charge >= 0.3 is 12.0 Å². The zero-order valence-corrected chi connectivity index (χ0v) is 10.1. The lowest BCUT2D eigenvalue weighted by Gasteiger charge is -2.22. The average molecular weight is 236 g/mol. The minimum atomic E-state index is -1.03. The lowest BCUT2D eigenvalue weighted by Crippen LogP contribution is -2.42. The number of carboxylic acids is 1. The third-order valence-corrected chi connectivity index (χ3v) is 2.65. The number of aliphatic carboxylic acids is 1. The fraction of sp³-hybridized carbons (Fsp3) is 0.333. The highest BCUT2D eigenvalue weighted by molar-refractivity contribution is 5.92. The summed E-state index contributed by atoms with van der Waals surface area (Å²) in [7, 11) is 1.45. The summed E-state index contributed by atoms with van der Waals surface area (Å²) >= 11 is 0. The Hall–Kier alpha value is -2.04. The first-order valence-electron chi connectivity index (χ1n) is 5.25. The van der Waals surface area contributed by atoms with Gasteiger partial charge in [0, 0.05) is 12.7 Å². The lowest BCUT2D eigenvalue weighted by atomic mass is 10.2. The molecule has 92 valence electrons. The fourth-order valence-electron chi connectivity index (χ4n) is 1.26. The molecule has 1 rings (SSSR count). The van der Waals surface area contributed by atoms with Crippen molar-refractivity contribution in [1.82, 2.24) is 4.90 Å². The largest absolute Gasteiger partial charge is 0.480 e. The van der Waals surface area contributed by atoms with Gasteiger partial charge < -0.3 is 15.3 Å². The van der Waals surface area contributed by atoms with Crippen LogP contribution >= 0.6 is 0 Å². The van der Waals surface area contributed by atoms with E-state index in [4.69, 9.17) is 5.11 Å². The Morgan fingerprint density at radius 3 is 2.47 bits per heavy atom. The summed E-state index contributed by atoms with van der Waals surface area (Å²) in [5.41, 5.74) is 1.61. The first-order chi connectivity index (χ1) is 7.93. The monoisotopic (exact) mass is 236 g/mol. The molecule has 0 fully saturated rings. The first-order valence-corrected chi connectivity index (χ1v) is 5.25. The Balaban J connectivity index is 2.73. The maximum atomic E-state index is 11.8. The van der Waals surface area contributed by atoms with Gasteiger partial charge in [-0.3, -0.25) is 0 Å². The number of urea groups is 1. The maximum Gasteiger partial charge on any atom is 0.326 e. The van der Waals surface area contributed by atoms with Crippen LogP contribution in [0.5, 0.6) is 0 Å². The molecule has 1 unspecified atom stereocenters. The maximum absolute atomic E-state index is 11.8. The molecule has 1 atom stereocenters. The van der Waals surface area contributed by atoms with Gasteiger partial charge in [0.15, 0.2) is 0 Å². The molecular formula is C12H16N2O3. The van der Waals surface area contributed by atoms with Crippen LogP contribution in [0.2, 0.25) is 0 Å². The van der Waals surface area contributed by atoms with Crippen molar-refractivity contribution in [2.45, 2.75) is 19.9 Å². The number of benzene rings is 1. The number of nitrogens with one attached hydrogen (secondary N) is 1. The van der Waals surface area contributed by atoms with Gasteiger partial charge in [-0.25, -0.2) is 9.59 Å². The number of amides is 2. The number of likely N-dealkylation sites (N-methyl/N-ethyl adjacent to an activating group) is 1. The van der Waals surface area contributed by atoms with E-state index in [2.05, 4.69) is 5.32 Å². The third-order valence-electron chi connectivity index (χ3n) is 2.65. The highest BCUT2D eigenvalue weighted by Crippen LogP contribution is 2.14. The van der Waals surface area contributed by atoms with Gasteiger partial charge in [0.2, 0.25) is 0 Å². The van der Waals surface area contributed by atoms with Crippen molar-refractivity contribution in [3.05, 3.63) is 29.8 Å². The molecule has 0 aliphatic heterocycles.